The number of esters is 1. The molecule has 0 N–H and O–H groups in total. The second kappa shape index (κ2) is 4.92. The summed E-state index contributed by atoms with van der Waals surface area (Å²) in [6, 6.07) is 6.64. The third-order valence-electron chi connectivity index (χ3n) is 1.99. The molecule has 6 heteroatoms. The van der Waals surface area contributed by atoms with Gasteiger partial charge in [0.15, 0.2) is 0 Å². The molecule has 0 saturated heterocycles. The molecule has 1 heterocycles. The molecule has 0 atom stereocenters. The Morgan fingerprint density at radius 1 is 1.24 bits per heavy atom. The van der Waals surface area contributed by atoms with Gasteiger partial charge in [-0.2, -0.15) is 0 Å². The molecule has 2 rings (SSSR count). The van der Waals surface area contributed by atoms with Crippen LogP contribution in [0.3, 0.4) is 0 Å². The van der Waals surface area contributed by atoms with Gasteiger partial charge in [0.2, 0.25) is 0 Å². The summed E-state index contributed by atoms with van der Waals surface area (Å²) in [7, 11) is 1.34. The number of hydrogen-bond acceptors (Lipinski definition) is 6. The maximum Gasteiger partial charge on any atom is 0.337 e. The van der Waals surface area contributed by atoms with Gasteiger partial charge in [0.25, 0.3) is 5.19 Å². The van der Waals surface area contributed by atoms with Crippen molar-refractivity contribution in [3.63, 3.8) is 0 Å². The van der Waals surface area contributed by atoms with Crippen molar-refractivity contribution >= 4 is 17.3 Å². The number of rotatable bonds is 3. The van der Waals surface area contributed by atoms with Crippen molar-refractivity contribution in [1.29, 1.82) is 0 Å². The molecule has 2 aromatic rings. The zero-order valence-corrected chi connectivity index (χ0v) is 10.2. The SMILES string of the molecule is COC(=O)c1ccc(Oc2nnc(C)s2)cc1. The second-order valence-electron chi connectivity index (χ2n) is 3.21. The van der Waals surface area contributed by atoms with Crippen molar-refractivity contribution < 1.29 is 14.3 Å². The number of hydrogen-bond donors (Lipinski definition) is 0. The van der Waals surface area contributed by atoms with E-state index in [0.29, 0.717) is 16.5 Å². The lowest BCUT2D eigenvalue weighted by Gasteiger charge is -2.02. The Labute approximate surface area is 102 Å². The lowest BCUT2D eigenvalue weighted by molar-refractivity contribution is 0.0600. The van der Waals surface area contributed by atoms with Crippen LogP contribution >= 0.6 is 11.3 Å². The molecule has 0 saturated carbocycles. The molecule has 0 unspecified atom stereocenters. The van der Waals surface area contributed by atoms with Crippen LogP contribution in [0.5, 0.6) is 10.9 Å². The molecule has 1 aromatic heterocycles. The number of carbonyl (C=O) groups is 1. The van der Waals surface area contributed by atoms with Crippen LogP contribution in [-0.4, -0.2) is 23.3 Å². The number of ether oxygens (including phenoxy) is 2. The molecule has 0 fully saturated rings. The molecule has 1 aromatic carbocycles. The van der Waals surface area contributed by atoms with Gasteiger partial charge in [-0.1, -0.05) is 16.4 Å². The average Bonchev–Trinajstić information content (AvgIpc) is 2.75. The van der Waals surface area contributed by atoms with Crippen molar-refractivity contribution in [2.45, 2.75) is 6.92 Å². The fourth-order valence-corrected chi connectivity index (χ4v) is 1.75. The van der Waals surface area contributed by atoms with Gasteiger partial charge in [-0.05, 0) is 31.2 Å². The van der Waals surface area contributed by atoms with Gasteiger partial charge in [-0.3, -0.25) is 0 Å². The number of nitrogens with zero attached hydrogens (tertiary/aromatic N) is 2. The predicted molar refractivity (Wildman–Crippen MR) is 62.5 cm³/mol. The summed E-state index contributed by atoms with van der Waals surface area (Å²) in [6.45, 7) is 1.85. The molecule has 0 aliphatic heterocycles. The number of carbonyl (C=O) groups excluding carboxylic acids is 1. The molecule has 0 spiro atoms. The summed E-state index contributed by atoms with van der Waals surface area (Å²) in [5.41, 5.74) is 0.480. The van der Waals surface area contributed by atoms with E-state index in [9.17, 15) is 4.79 Å². The van der Waals surface area contributed by atoms with E-state index >= 15 is 0 Å². The first-order valence-electron chi connectivity index (χ1n) is 4.85. The highest BCUT2D eigenvalue weighted by atomic mass is 32.1. The van der Waals surface area contributed by atoms with Crippen LogP contribution in [0.2, 0.25) is 0 Å². The first-order chi connectivity index (χ1) is 8.19. The number of methoxy groups -OCH3 is 1. The summed E-state index contributed by atoms with van der Waals surface area (Å²) >= 11 is 1.36. The summed E-state index contributed by atoms with van der Waals surface area (Å²) in [6.07, 6.45) is 0. The zero-order valence-electron chi connectivity index (χ0n) is 9.34. The number of aryl methyl sites for hydroxylation is 1. The van der Waals surface area contributed by atoms with E-state index in [1.54, 1.807) is 24.3 Å². The summed E-state index contributed by atoms with van der Waals surface area (Å²) < 4.78 is 10.1. The van der Waals surface area contributed by atoms with Gasteiger partial charge in [-0.15, -0.1) is 5.10 Å². The standard InChI is InChI=1S/C11H10N2O3S/c1-7-12-13-11(17-7)16-9-5-3-8(4-6-9)10(14)15-2/h3-6H,1-2H3. The second-order valence-corrected chi connectivity index (χ2v) is 4.35. The largest absolute Gasteiger partial charge is 0.465 e. The smallest absolute Gasteiger partial charge is 0.337 e. The van der Waals surface area contributed by atoms with Gasteiger partial charge < -0.3 is 9.47 Å². The Balaban J connectivity index is 2.10. The van der Waals surface area contributed by atoms with Crippen molar-refractivity contribution in [3.05, 3.63) is 34.8 Å². The minimum Gasteiger partial charge on any atom is -0.465 e. The quantitative estimate of drug-likeness (QED) is 0.783. The van der Waals surface area contributed by atoms with Crippen LogP contribution in [-0.2, 0) is 4.74 Å². The molecule has 0 amide bonds. The highest BCUT2D eigenvalue weighted by molar-refractivity contribution is 7.13. The third kappa shape index (κ3) is 2.79. The van der Waals surface area contributed by atoms with Crippen LogP contribution in [0.4, 0.5) is 0 Å². The van der Waals surface area contributed by atoms with Gasteiger partial charge >= 0.3 is 5.97 Å². The molecule has 17 heavy (non-hydrogen) atoms. The van der Waals surface area contributed by atoms with Gasteiger partial charge in [-0.25, -0.2) is 4.79 Å². The first-order valence-corrected chi connectivity index (χ1v) is 5.67. The normalized spacial score (nSPS) is 10.0. The first kappa shape index (κ1) is 11.5. The Bertz CT molecular complexity index is 522. The average molecular weight is 250 g/mol. The summed E-state index contributed by atoms with van der Waals surface area (Å²) in [4.78, 5) is 11.2. The fraction of sp³-hybridized carbons (Fsp3) is 0.182. The lowest BCUT2D eigenvalue weighted by Crippen LogP contribution is -2.00. The van der Waals surface area contributed by atoms with Gasteiger partial charge in [0.1, 0.15) is 10.8 Å². The minimum absolute atomic E-state index is 0.372. The highest BCUT2D eigenvalue weighted by Crippen LogP contribution is 2.24. The molecular formula is C11H10N2O3S. The van der Waals surface area contributed by atoms with Crippen LogP contribution in [0, 0.1) is 6.92 Å². The van der Waals surface area contributed by atoms with Crippen LogP contribution in [0.1, 0.15) is 15.4 Å². The highest BCUT2D eigenvalue weighted by Gasteiger charge is 2.06. The zero-order chi connectivity index (χ0) is 12.3. The van der Waals surface area contributed by atoms with Crippen LogP contribution in [0.25, 0.3) is 0 Å². The number of benzene rings is 1. The van der Waals surface area contributed by atoms with E-state index in [2.05, 4.69) is 14.9 Å². The fourth-order valence-electron chi connectivity index (χ4n) is 1.20. The Morgan fingerprint density at radius 3 is 2.47 bits per heavy atom. The molecule has 88 valence electrons. The van der Waals surface area contributed by atoms with Crippen LogP contribution < -0.4 is 4.74 Å². The molecular weight excluding hydrogens is 240 g/mol. The molecule has 0 aliphatic rings. The van der Waals surface area contributed by atoms with Crippen molar-refractivity contribution in [3.8, 4) is 10.9 Å². The molecule has 0 bridgehead atoms. The topological polar surface area (TPSA) is 61.3 Å². The van der Waals surface area contributed by atoms with Crippen LogP contribution in [0.15, 0.2) is 24.3 Å². The maximum absolute atomic E-state index is 11.2. The van der Waals surface area contributed by atoms with Gasteiger partial charge in [0.05, 0.1) is 12.7 Å². The predicted octanol–water partition coefficient (Wildman–Crippen LogP) is 2.43. The Kier molecular flexibility index (Phi) is 3.34. The van der Waals surface area contributed by atoms with E-state index in [-0.39, 0.29) is 5.97 Å². The Morgan fingerprint density at radius 2 is 1.94 bits per heavy atom. The lowest BCUT2D eigenvalue weighted by atomic mass is 10.2. The summed E-state index contributed by atoms with van der Waals surface area (Å²) in [5.74, 6) is 0.233. The summed E-state index contributed by atoms with van der Waals surface area (Å²) in [5, 5.41) is 9.00. The Hall–Kier alpha value is -1.95. The minimum atomic E-state index is -0.372. The van der Waals surface area contributed by atoms with Crippen molar-refractivity contribution in [2.24, 2.45) is 0 Å². The molecule has 0 radical (unpaired) electrons. The van der Waals surface area contributed by atoms with Crippen molar-refractivity contribution in [1.82, 2.24) is 10.2 Å². The number of aromatic nitrogens is 2. The van der Waals surface area contributed by atoms with Gasteiger partial charge in [0, 0.05) is 0 Å². The van der Waals surface area contributed by atoms with E-state index < -0.39 is 0 Å². The molecule has 0 aliphatic carbocycles. The molecule has 5 nitrogen and oxygen atoms in total. The maximum atomic E-state index is 11.2. The van der Waals surface area contributed by atoms with E-state index in [1.807, 2.05) is 6.92 Å². The van der Waals surface area contributed by atoms with E-state index in [0.717, 1.165) is 5.01 Å². The van der Waals surface area contributed by atoms with E-state index in [1.165, 1.54) is 18.4 Å². The third-order valence-corrected chi connectivity index (χ3v) is 2.70. The monoisotopic (exact) mass is 250 g/mol. The van der Waals surface area contributed by atoms with Crippen molar-refractivity contribution in [2.75, 3.05) is 7.11 Å². The van der Waals surface area contributed by atoms with E-state index in [4.69, 9.17) is 4.74 Å².